The Morgan fingerprint density at radius 3 is 2.58 bits per heavy atom. The molecule has 0 saturated carbocycles. The highest BCUT2D eigenvalue weighted by atomic mass is 16.6. The normalized spacial score (nSPS) is 15.5. The summed E-state index contributed by atoms with van der Waals surface area (Å²) in [5.41, 5.74) is 1.30. The molecule has 0 unspecified atom stereocenters. The first kappa shape index (κ1) is 15.2. The topological polar surface area (TPSA) is 58.4 Å². The standard InChI is InChI=1S/C12H15N3O2.C2H6/c16-15(17)7-6-13-12-9-14(10-12)8-11-4-2-1-3-5-11;1-2/h1-7,12-13H,8-10H2;1-2H3/b7-6-;. The van der Waals surface area contributed by atoms with Gasteiger partial charge >= 0.3 is 0 Å². The number of hydrogen-bond donors (Lipinski definition) is 1. The molecule has 5 heteroatoms. The number of nitrogens with zero attached hydrogens (tertiary/aromatic N) is 2. The van der Waals surface area contributed by atoms with Crippen molar-refractivity contribution in [2.24, 2.45) is 0 Å². The molecule has 0 radical (unpaired) electrons. The Kier molecular flexibility index (Phi) is 6.60. The maximum atomic E-state index is 10.1. The monoisotopic (exact) mass is 263 g/mol. The van der Waals surface area contributed by atoms with Crippen molar-refractivity contribution < 1.29 is 4.92 Å². The lowest BCUT2D eigenvalue weighted by molar-refractivity contribution is -0.402. The Morgan fingerprint density at radius 1 is 1.37 bits per heavy atom. The lowest BCUT2D eigenvalue weighted by atomic mass is 10.1. The van der Waals surface area contributed by atoms with Crippen molar-refractivity contribution in [1.29, 1.82) is 0 Å². The Balaban J connectivity index is 0.000000861. The van der Waals surface area contributed by atoms with Gasteiger partial charge in [-0.15, -0.1) is 0 Å². The van der Waals surface area contributed by atoms with Crippen LogP contribution in [0.2, 0.25) is 0 Å². The molecule has 1 saturated heterocycles. The van der Waals surface area contributed by atoms with Crippen LogP contribution in [0.3, 0.4) is 0 Å². The zero-order valence-corrected chi connectivity index (χ0v) is 11.5. The van der Waals surface area contributed by atoms with Crippen molar-refractivity contribution in [1.82, 2.24) is 10.2 Å². The zero-order chi connectivity index (χ0) is 14.1. The first-order chi connectivity index (χ1) is 9.24. The molecule has 2 rings (SSSR count). The number of nitro groups is 1. The Labute approximate surface area is 114 Å². The lowest BCUT2D eigenvalue weighted by Crippen LogP contribution is -2.55. The third kappa shape index (κ3) is 5.52. The number of rotatable bonds is 5. The van der Waals surface area contributed by atoms with Crippen molar-refractivity contribution >= 4 is 0 Å². The van der Waals surface area contributed by atoms with Crippen LogP contribution in [0.25, 0.3) is 0 Å². The summed E-state index contributed by atoms with van der Waals surface area (Å²) >= 11 is 0. The molecule has 5 nitrogen and oxygen atoms in total. The Hall–Kier alpha value is -1.88. The van der Waals surface area contributed by atoms with Crippen LogP contribution in [0, 0.1) is 10.1 Å². The van der Waals surface area contributed by atoms with Gasteiger partial charge in [-0.05, 0) is 5.56 Å². The van der Waals surface area contributed by atoms with Gasteiger partial charge in [-0.2, -0.15) is 0 Å². The predicted molar refractivity (Wildman–Crippen MR) is 76.1 cm³/mol. The minimum absolute atomic E-state index is 0.329. The van der Waals surface area contributed by atoms with Crippen LogP contribution in [-0.2, 0) is 6.54 Å². The maximum Gasteiger partial charge on any atom is 0.249 e. The van der Waals surface area contributed by atoms with Crippen molar-refractivity contribution in [3.63, 3.8) is 0 Å². The van der Waals surface area contributed by atoms with Gasteiger partial charge in [0, 0.05) is 19.6 Å². The molecule has 0 atom stereocenters. The van der Waals surface area contributed by atoms with Crippen molar-refractivity contribution in [3.05, 3.63) is 58.4 Å². The number of hydrogen-bond acceptors (Lipinski definition) is 4. The summed E-state index contributed by atoms with van der Waals surface area (Å²) in [6.45, 7) is 6.80. The Bertz CT molecular complexity index is 400. The van der Waals surface area contributed by atoms with E-state index in [2.05, 4.69) is 22.3 Å². The molecule has 0 amide bonds. The molecule has 0 aromatic heterocycles. The molecule has 19 heavy (non-hydrogen) atoms. The highest BCUT2D eigenvalue weighted by Gasteiger charge is 2.25. The van der Waals surface area contributed by atoms with Gasteiger partial charge in [0.1, 0.15) is 0 Å². The molecular weight excluding hydrogens is 242 g/mol. The fourth-order valence-electron chi connectivity index (χ4n) is 1.89. The molecular formula is C14H21N3O2. The maximum absolute atomic E-state index is 10.1. The SMILES string of the molecule is CC.O=[N+]([O-])/C=C\NC1CN(Cc2ccccc2)C1. The molecule has 1 aliphatic rings. The van der Waals surface area contributed by atoms with Gasteiger partial charge in [0.15, 0.2) is 0 Å². The summed E-state index contributed by atoms with van der Waals surface area (Å²) in [5, 5.41) is 13.1. The number of benzene rings is 1. The third-order valence-electron chi connectivity index (χ3n) is 2.73. The summed E-state index contributed by atoms with van der Waals surface area (Å²) in [6.07, 6.45) is 2.34. The summed E-state index contributed by atoms with van der Waals surface area (Å²) in [7, 11) is 0. The molecule has 1 aromatic rings. The van der Waals surface area contributed by atoms with Crippen LogP contribution < -0.4 is 5.32 Å². The summed E-state index contributed by atoms with van der Waals surface area (Å²) < 4.78 is 0. The van der Waals surface area contributed by atoms with Gasteiger partial charge in [0.2, 0.25) is 6.20 Å². The van der Waals surface area contributed by atoms with Crippen LogP contribution in [0.5, 0.6) is 0 Å². The van der Waals surface area contributed by atoms with E-state index in [1.165, 1.54) is 11.8 Å². The van der Waals surface area contributed by atoms with E-state index < -0.39 is 4.92 Å². The minimum Gasteiger partial charge on any atom is -0.381 e. The van der Waals surface area contributed by atoms with E-state index in [0.29, 0.717) is 6.04 Å². The van der Waals surface area contributed by atoms with Gasteiger partial charge in [-0.1, -0.05) is 44.2 Å². The van der Waals surface area contributed by atoms with Gasteiger partial charge in [0.25, 0.3) is 0 Å². The second-order valence-electron chi connectivity index (χ2n) is 4.14. The van der Waals surface area contributed by atoms with Crippen molar-refractivity contribution in [2.75, 3.05) is 13.1 Å². The van der Waals surface area contributed by atoms with Crippen LogP contribution >= 0.6 is 0 Å². The van der Waals surface area contributed by atoms with E-state index in [4.69, 9.17) is 0 Å². The van der Waals surface area contributed by atoms with E-state index in [9.17, 15) is 10.1 Å². The molecule has 104 valence electrons. The summed E-state index contributed by atoms with van der Waals surface area (Å²) in [4.78, 5) is 11.9. The average Bonchev–Trinajstić information content (AvgIpc) is 2.39. The zero-order valence-electron chi connectivity index (χ0n) is 11.5. The fourth-order valence-corrected chi connectivity index (χ4v) is 1.89. The molecule has 0 spiro atoms. The number of likely N-dealkylation sites (tertiary alicyclic amines) is 1. The van der Waals surface area contributed by atoms with Crippen LogP contribution in [0.15, 0.2) is 42.7 Å². The smallest absolute Gasteiger partial charge is 0.249 e. The Morgan fingerprint density at radius 2 is 2.00 bits per heavy atom. The molecule has 1 aromatic carbocycles. The van der Waals surface area contributed by atoms with Crippen LogP contribution in [0.4, 0.5) is 0 Å². The molecule has 1 heterocycles. The van der Waals surface area contributed by atoms with Crippen LogP contribution in [0.1, 0.15) is 19.4 Å². The van der Waals surface area contributed by atoms with Gasteiger partial charge in [-0.25, -0.2) is 0 Å². The van der Waals surface area contributed by atoms with Gasteiger partial charge < -0.3 is 5.32 Å². The largest absolute Gasteiger partial charge is 0.381 e. The second kappa shape index (κ2) is 8.26. The van der Waals surface area contributed by atoms with E-state index >= 15 is 0 Å². The van der Waals surface area contributed by atoms with Crippen LogP contribution in [-0.4, -0.2) is 29.0 Å². The molecule has 1 N–H and O–H groups in total. The molecule has 0 bridgehead atoms. The summed E-state index contributed by atoms with van der Waals surface area (Å²) in [5.74, 6) is 0. The predicted octanol–water partition coefficient (Wildman–Crippen LogP) is 2.23. The van der Waals surface area contributed by atoms with E-state index in [1.807, 2.05) is 32.0 Å². The molecule has 1 aliphatic heterocycles. The second-order valence-corrected chi connectivity index (χ2v) is 4.14. The summed E-state index contributed by atoms with van der Waals surface area (Å²) in [6, 6.07) is 10.6. The minimum atomic E-state index is -0.465. The average molecular weight is 263 g/mol. The van der Waals surface area contributed by atoms with Gasteiger partial charge in [-0.3, -0.25) is 15.0 Å². The lowest BCUT2D eigenvalue weighted by Gasteiger charge is -2.39. The quantitative estimate of drug-likeness (QED) is 0.654. The first-order valence-electron chi connectivity index (χ1n) is 6.56. The highest BCUT2D eigenvalue weighted by Crippen LogP contribution is 2.12. The van der Waals surface area contributed by atoms with E-state index in [1.54, 1.807) is 0 Å². The third-order valence-corrected chi connectivity index (χ3v) is 2.73. The first-order valence-corrected chi connectivity index (χ1v) is 6.56. The fraction of sp³-hybridized carbons (Fsp3) is 0.429. The van der Waals surface area contributed by atoms with E-state index in [0.717, 1.165) is 25.8 Å². The van der Waals surface area contributed by atoms with Gasteiger partial charge in [0.05, 0.1) is 17.2 Å². The van der Waals surface area contributed by atoms with E-state index in [-0.39, 0.29) is 0 Å². The highest BCUT2D eigenvalue weighted by molar-refractivity contribution is 5.15. The van der Waals surface area contributed by atoms with Crippen molar-refractivity contribution in [2.45, 2.75) is 26.4 Å². The molecule has 1 fully saturated rings. The molecule has 0 aliphatic carbocycles. The number of nitrogens with one attached hydrogen (secondary N) is 1. The van der Waals surface area contributed by atoms with Crippen molar-refractivity contribution in [3.8, 4) is 0 Å².